The van der Waals surface area contributed by atoms with E-state index < -0.39 is 0 Å². The molecule has 3 heterocycles. The summed E-state index contributed by atoms with van der Waals surface area (Å²) in [7, 11) is 1.80. The van der Waals surface area contributed by atoms with Gasteiger partial charge in [0.05, 0.1) is 23.3 Å². The summed E-state index contributed by atoms with van der Waals surface area (Å²) < 4.78 is 7.35. The maximum atomic E-state index is 5.45. The first-order valence-electron chi connectivity index (χ1n) is 9.79. The molecule has 1 N–H and O–H groups in total. The zero-order valence-electron chi connectivity index (χ0n) is 15.9. The van der Waals surface area contributed by atoms with Crippen molar-refractivity contribution in [2.75, 3.05) is 12.4 Å². The molecule has 0 bridgehead atoms. The number of ether oxygens (including phenoxy) is 1. The van der Waals surface area contributed by atoms with E-state index in [-0.39, 0.29) is 0 Å². The average molecular weight is 373 g/mol. The Bertz CT molecular complexity index is 1110. The monoisotopic (exact) mass is 373 g/mol. The zero-order chi connectivity index (χ0) is 18.9. The van der Waals surface area contributed by atoms with E-state index in [0.29, 0.717) is 18.1 Å². The van der Waals surface area contributed by atoms with E-state index in [1.165, 1.54) is 0 Å². The summed E-state index contributed by atoms with van der Waals surface area (Å²) in [5, 5.41) is 9.28. The number of nitrogens with one attached hydrogen (secondary N) is 1. The lowest BCUT2D eigenvalue weighted by Crippen LogP contribution is -2.30. The largest absolute Gasteiger partial charge is 0.381 e. The number of nitrogens with zero attached hydrogens (tertiary/aromatic N) is 4. The minimum atomic E-state index is 0.394. The lowest BCUT2D eigenvalue weighted by atomic mass is 9.93. The van der Waals surface area contributed by atoms with E-state index >= 15 is 0 Å². The second-order valence-corrected chi connectivity index (χ2v) is 7.41. The number of anilines is 1. The van der Waals surface area contributed by atoms with Gasteiger partial charge < -0.3 is 10.1 Å². The van der Waals surface area contributed by atoms with E-state index in [9.17, 15) is 0 Å². The van der Waals surface area contributed by atoms with Crippen LogP contribution in [0.25, 0.3) is 27.5 Å². The van der Waals surface area contributed by atoms with E-state index in [0.717, 1.165) is 53.2 Å². The normalized spacial score (nSPS) is 19.9. The standard InChI is InChI=1S/C22H23N5O/c1-28-18-7-5-17(6-8-18)25-22-24-14-21-19(10-12-27(21)26-22)15-4-9-20-16(13-15)3-2-11-23-20/h2-4,9-14,17-18H,5-8H2,1H3,(H,25,26)/t17-,18+. The summed E-state index contributed by atoms with van der Waals surface area (Å²) in [6.45, 7) is 0. The minimum Gasteiger partial charge on any atom is -0.381 e. The van der Waals surface area contributed by atoms with Crippen LogP contribution in [0.5, 0.6) is 0 Å². The second kappa shape index (κ2) is 7.20. The van der Waals surface area contributed by atoms with Gasteiger partial charge in [0.2, 0.25) is 5.95 Å². The highest BCUT2D eigenvalue weighted by molar-refractivity contribution is 5.88. The smallest absolute Gasteiger partial charge is 0.241 e. The van der Waals surface area contributed by atoms with Crippen molar-refractivity contribution in [2.45, 2.75) is 37.8 Å². The fraction of sp³-hybridized carbons (Fsp3) is 0.318. The van der Waals surface area contributed by atoms with Crippen LogP contribution in [0.3, 0.4) is 0 Å². The number of hydrogen-bond acceptors (Lipinski definition) is 5. The molecule has 6 heteroatoms. The Hall–Kier alpha value is -2.99. The second-order valence-electron chi connectivity index (χ2n) is 7.41. The fourth-order valence-corrected chi connectivity index (χ4v) is 4.08. The summed E-state index contributed by atoms with van der Waals surface area (Å²) in [6.07, 6.45) is 10.4. The SMILES string of the molecule is CO[C@H]1CC[C@@H](Nc2ncc3c(-c4ccc5ncccc5c4)ccn3n2)CC1. The fourth-order valence-electron chi connectivity index (χ4n) is 4.08. The first-order chi connectivity index (χ1) is 13.8. The van der Waals surface area contributed by atoms with Crippen molar-refractivity contribution in [1.29, 1.82) is 0 Å². The third-order valence-corrected chi connectivity index (χ3v) is 5.67. The molecule has 0 amide bonds. The van der Waals surface area contributed by atoms with Gasteiger partial charge in [0, 0.05) is 36.5 Å². The Balaban J connectivity index is 1.40. The van der Waals surface area contributed by atoms with Crippen molar-refractivity contribution in [3.8, 4) is 11.1 Å². The van der Waals surface area contributed by atoms with E-state index in [4.69, 9.17) is 4.74 Å². The molecule has 0 atom stereocenters. The van der Waals surface area contributed by atoms with Crippen molar-refractivity contribution in [2.24, 2.45) is 0 Å². The summed E-state index contributed by atoms with van der Waals surface area (Å²) in [4.78, 5) is 8.97. The highest BCUT2D eigenvalue weighted by atomic mass is 16.5. The van der Waals surface area contributed by atoms with Gasteiger partial charge in [-0.3, -0.25) is 4.98 Å². The van der Waals surface area contributed by atoms with Crippen LogP contribution in [0.1, 0.15) is 25.7 Å². The number of aromatic nitrogens is 4. The summed E-state index contributed by atoms with van der Waals surface area (Å²) in [5.74, 6) is 0.679. The number of pyridine rings is 1. The predicted octanol–water partition coefficient (Wildman–Crippen LogP) is 4.31. The molecular weight excluding hydrogens is 350 g/mol. The van der Waals surface area contributed by atoms with Gasteiger partial charge in [-0.25, -0.2) is 9.50 Å². The van der Waals surface area contributed by atoms with Gasteiger partial charge in [0.25, 0.3) is 0 Å². The molecule has 1 aromatic carbocycles. The van der Waals surface area contributed by atoms with E-state index in [1.807, 2.05) is 29.2 Å². The van der Waals surface area contributed by atoms with Crippen LogP contribution < -0.4 is 5.32 Å². The minimum absolute atomic E-state index is 0.394. The molecule has 1 aliphatic rings. The third-order valence-electron chi connectivity index (χ3n) is 5.67. The van der Waals surface area contributed by atoms with Crippen molar-refractivity contribution in [3.63, 3.8) is 0 Å². The Morgan fingerprint density at radius 1 is 1.07 bits per heavy atom. The van der Waals surface area contributed by atoms with Gasteiger partial charge in [-0.1, -0.05) is 12.1 Å². The molecule has 3 aromatic heterocycles. The molecule has 0 unspecified atom stereocenters. The maximum absolute atomic E-state index is 5.45. The Morgan fingerprint density at radius 3 is 2.82 bits per heavy atom. The number of methoxy groups -OCH3 is 1. The predicted molar refractivity (Wildman–Crippen MR) is 110 cm³/mol. The highest BCUT2D eigenvalue weighted by Gasteiger charge is 2.21. The zero-order valence-corrected chi connectivity index (χ0v) is 15.9. The van der Waals surface area contributed by atoms with Gasteiger partial charge in [-0.05, 0) is 55.5 Å². The first-order valence-corrected chi connectivity index (χ1v) is 9.79. The number of fused-ring (bicyclic) bond motifs is 2. The highest BCUT2D eigenvalue weighted by Crippen LogP contribution is 2.28. The maximum Gasteiger partial charge on any atom is 0.241 e. The number of benzene rings is 1. The Morgan fingerprint density at radius 2 is 1.96 bits per heavy atom. The van der Waals surface area contributed by atoms with Crippen LogP contribution >= 0.6 is 0 Å². The van der Waals surface area contributed by atoms with Crippen molar-refractivity contribution >= 4 is 22.4 Å². The molecule has 1 aliphatic carbocycles. The third kappa shape index (κ3) is 3.20. The Labute approximate surface area is 163 Å². The van der Waals surface area contributed by atoms with Crippen LogP contribution in [0, 0.1) is 0 Å². The molecule has 1 fully saturated rings. The molecule has 0 spiro atoms. The number of rotatable bonds is 4. The average Bonchev–Trinajstić information content (AvgIpc) is 3.17. The molecule has 1 saturated carbocycles. The lowest BCUT2D eigenvalue weighted by Gasteiger charge is -2.28. The van der Waals surface area contributed by atoms with Gasteiger partial charge in [0.1, 0.15) is 0 Å². The summed E-state index contributed by atoms with van der Waals surface area (Å²) >= 11 is 0. The molecule has 28 heavy (non-hydrogen) atoms. The van der Waals surface area contributed by atoms with E-state index in [2.05, 4.69) is 50.7 Å². The quantitative estimate of drug-likeness (QED) is 0.577. The van der Waals surface area contributed by atoms with Crippen molar-refractivity contribution < 1.29 is 4.74 Å². The van der Waals surface area contributed by atoms with Crippen LogP contribution in [0.15, 0.2) is 55.0 Å². The Kier molecular flexibility index (Phi) is 4.41. The molecule has 0 radical (unpaired) electrons. The van der Waals surface area contributed by atoms with Crippen LogP contribution in [-0.2, 0) is 4.74 Å². The van der Waals surface area contributed by atoms with Crippen LogP contribution in [0.2, 0.25) is 0 Å². The van der Waals surface area contributed by atoms with Crippen LogP contribution in [0.4, 0.5) is 5.95 Å². The molecule has 0 saturated heterocycles. The van der Waals surface area contributed by atoms with Gasteiger partial charge in [-0.2, -0.15) is 0 Å². The molecular formula is C22H23N5O. The van der Waals surface area contributed by atoms with E-state index in [1.54, 1.807) is 7.11 Å². The molecule has 0 aliphatic heterocycles. The molecule has 4 aromatic rings. The first kappa shape index (κ1) is 17.1. The van der Waals surface area contributed by atoms with Crippen molar-refractivity contribution in [1.82, 2.24) is 19.6 Å². The molecule has 142 valence electrons. The topological polar surface area (TPSA) is 64.3 Å². The number of hydrogen-bond donors (Lipinski definition) is 1. The van der Waals surface area contributed by atoms with Gasteiger partial charge in [-0.15, -0.1) is 5.10 Å². The van der Waals surface area contributed by atoms with Gasteiger partial charge in [0.15, 0.2) is 0 Å². The summed E-state index contributed by atoms with van der Waals surface area (Å²) in [5.41, 5.74) is 4.26. The van der Waals surface area contributed by atoms with Crippen molar-refractivity contribution in [3.05, 3.63) is 55.0 Å². The summed E-state index contributed by atoms with van der Waals surface area (Å²) in [6, 6.07) is 12.9. The van der Waals surface area contributed by atoms with Crippen LogP contribution in [-0.4, -0.2) is 38.8 Å². The molecule has 6 nitrogen and oxygen atoms in total. The molecule has 5 rings (SSSR count). The van der Waals surface area contributed by atoms with Gasteiger partial charge >= 0.3 is 0 Å². The lowest BCUT2D eigenvalue weighted by molar-refractivity contribution is 0.0681.